The van der Waals surface area contributed by atoms with E-state index in [2.05, 4.69) is 15.0 Å². The highest BCUT2D eigenvalue weighted by atomic mass is 16.5. The van der Waals surface area contributed by atoms with Crippen LogP contribution in [-0.2, 0) is 4.79 Å². The molecule has 1 heterocycles. The van der Waals surface area contributed by atoms with Gasteiger partial charge in [-0.15, -0.1) is 0 Å². The van der Waals surface area contributed by atoms with Gasteiger partial charge in [0.1, 0.15) is 12.0 Å². The zero-order chi connectivity index (χ0) is 12.1. The summed E-state index contributed by atoms with van der Waals surface area (Å²) in [6.45, 7) is 0.251. The molecule has 5 heteroatoms. The molecule has 0 aliphatic carbocycles. The Hall–Kier alpha value is -2.14. The van der Waals surface area contributed by atoms with Crippen LogP contribution < -0.4 is 11.1 Å². The summed E-state index contributed by atoms with van der Waals surface area (Å²) in [7, 11) is 0. The standard InChI is InChI=1S/C12H13N3O2/c13-6-11(9-4-2-1-3-5-9)12(16)15-10-7-14-17-8-10/h1-5,7-8,11H,6,13H2,(H,15,16). The van der Waals surface area contributed by atoms with Crippen LogP contribution in [0.2, 0.25) is 0 Å². The van der Waals surface area contributed by atoms with E-state index in [4.69, 9.17) is 5.73 Å². The highest BCUT2D eigenvalue weighted by Crippen LogP contribution is 2.16. The van der Waals surface area contributed by atoms with E-state index >= 15 is 0 Å². The fourth-order valence-electron chi connectivity index (χ4n) is 1.58. The van der Waals surface area contributed by atoms with Crippen LogP contribution in [0.4, 0.5) is 5.69 Å². The van der Waals surface area contributed by atoms with E-state index in [9.17, 15) is 4.79 Å². The Labute approximate surface area is 98.6 Å². The Morgan fingerprint density at radius 2 is 2.18 bits per heavy atom. The third kappa shape index (κ3) is 2.70. The summed E-state index contributed by atoms with van der Waals surface area (Å²) in [6, 6.07) is 9.42. The van der Waals surface area contributed by atoms with E-state index in [1.807, 2.05) is 30.3 Å². The molecule has 1 aromatic carbocycles. The van der Waals surface area contributed by atoms with Crippen molar-refractivity contribution in [2.24, 2.45) is 5.73 Å². The number of amides is 1. The number of nitrogens with zero attached hydrogens (tertiary/aromatic N) is 1. The minimum atomic E-state index is -0.369. The summed E-state index contributed by atoms with van der Waals surface area (Å²) in [5.41, 5.74) is 7.06. The number of nitrogens with one attached hydrogen (secondary N) is 1. The molecule has 0 saturated heterocycles. The molecule has 2 aromatic rings. The number of aromatic nitrogens is 1. The van der Waals surface area contributed by atoms with Crippen LogP contribution in [0.1, 0.15) is 11.5 Å². The molecule has 3 N–H and O–H groups in total. The Balaban J connectivity index is 2.11. The number of benzene rings is 1. The van der Waals surface area contributed by atoms with Gasteiger partial charge in [-0.1, -0.05) is 35.5 Å². The number of nitrogens with two attached hydrogens (primary N) is 1. The van der Waals surface area contributed by atoms with Crippen molar-refractivity contribution in [2.45, 2.75) is 5.92 Å². The maximum absolute atomic E-state index is 12.0. The Kier molecular flexibility index (Phi) is 3.52. The molecule has 1 aromatic heterocycles. The highest BCUT2D eigenvalue weighted by molar-refractivity contribution is 5.95. The van der Waals surface area contributed by atoms with Crippen molar-refractivity contribution in [2.75, 3.05) is 11.9 Å². The predicted molar refractivity (Wildman–Crippen MR) is 63.4 cm³/mol. The molecule has 88 valence electrons. The van der Waals surface area contributed by atoms with Crippen molar-refractivity contribution in [3.05, 3.63) is 48.4 Å². The van der Waals surface area contributed by atoms with Crippen LogP contribution in [0.5, 0.6) is 0 Å². The molecule has 0 aliphatic rings. The van der Waals surface area contributed by atoms with Crippen molar-refractivity contribution in [1.82, 2.24) is 5.16 Å². The summed E-state index contributed by atoms with van der Waals surface area (Å²) in [4.78, 5) is 12.0. The molecule has 1 unspecified atom stereocenters. The number of carbonyl (C=O) groups is 1. The lowest BCUT2D eigenvalue weighted by Crippen LogP contribution is -2.27. The zero-order valence-corrected chi connectivity index (χ0v) is 9.17. The summed E-state index contributed by atoms with van der Waals surface area (Å²) in [5, 5.41) is 6.21. The van der Waals surface area contributed by atoms with Gasteiger partial charge in [0.25, 0.3) is 0 Å². The monoisotopic (exact) mass is 231 g/mol. The van der Waals surface area contributed by atoms with Crippen molar-refractivity contribution >= 4 is 11.6 Å². The molecule has 0 spiro atoms. The fraction of sp³-hybridized carbons (Fsp3) is 0.167. The Morgan fingerprint density at radius 3 is 2.76 bits per heavy atom. The molecular formula is C12H13N3O2. The summed E-state index contributed by atoms with van der Waals surface area (Å²) in [6.07, 6.45) is 2.81. The number of anilines is 1. The maximum atomic E-state index is 12.0. The Morgan fingerprint density at radius 1 is 1.41 bits per heavy atom. The van der Waals surface area contributed by atoms with Crippen LogP contribution in [-0.4, -0.2) is 17.6 Å². The quantitative estimate of drug-likeness (QED) is 0.832. The average Bonchev–Trinajstić information content (AvgIpc) is 2.84. The summed E-state index contributed by atoms with van der Waals surface area (Å²) >= 11 is 0. The smallest absolute Gasteiger partial charge is 0.233 e. The molecule has 0 bridgehead atoms. The second-order valence-corrected chi connectivity index (χ2v) is 3.60. The third-order valence-corrected chi connectivity index (χ3v) is 2.45. The molecule has 0 fully saturated rings. The normalized spacial score (nSPS) is 12.1. The van der Waals surface area contributed by atoms with E-state index in [0.717, 1.165) is 5.56 Å². The van der Waals surface area contributed by atoms with Crippen LogP contribution in [0.25, 0.3) is 0 Å². The number of hydrogen-bond acceptors (Lipinski definition) is 4. The first-order valence-corrected chi connectivity index (χ1v) is 5.26. The van der Waals surface area contributed by atoms with Gasteiger partial charge in [-0.2, -0.15) is 0 Å². The zero-order valence-electron chi connectivity index (χ0n) is 9.17. The number of hydrogen-bond donors (Lipinski definition) is 2. The van der Waals surface area contributed by atoms with Crippen LogP contribution >= 0.6 is 0 Å². The maximum Gasteiger partial charge on any atom is 0.233 e. The van der Waals surface area contributed by atoms with E-state index < -0.39 is 0 Å². The lowest BCUT2D eigenvalue weighted by atomic mass is 9.98. The van der Waals surface area contributed by atoms with Gasteiger partial charge < -0.3 is 15.6 Å². The summed E-state index contributed by atoms with van der Waals surface area (Å²) in [5.74, 6) is -0.534. The van der Waals surface area contributed by atoms with Crippen molar-refractivity contribution < 1.29 is 9.32 Å². The first-order chi connectivity index (χ1) is 8.31. The van der Waals surface area contributed by atoms with E-state index in [0.29, 0.717) is 5.69 Å². The van der Waals surface area contributed by atoms with Gasteiger partial charge in [0, 0.05) is 6.54 Å². The molecule has 5 nitrogen and oxygen atoms in total. The van der Waals surface area contributed by atoms with Gasteiger partial charge in [0.15, 0.2) is 0 Å². The predicted octanol–water partition coefficient (Wildman–Crippen LogP) is 1.36. The minimum Gasteiger partial charge on any atom is -0.363 e. The lowest BCUT2D eigenvalue weighted by molar-refractivity contribution is -0.117. The molecule has 0 radical (unpaired) electrons. The minimum absolute atomic E-state index is 0.165. The van der Waals surface area contributed by atoms with Gasteiger partial charge in [-0.3, -0.25) is 4.79 Å². The topological polar surface area (TPSA) is 81.2 Å². The molecule has 1 atom stereocenters. The molecular weight excluding hydrogens is 218 g/mol. The fourth-order valence-corrected chi connectivity index (χ4v) is 1.58. The average molecular weight is 231 g/mol. The Bertz CT molecular complexity index is 468. The second-order valence-electron chi connectivity index (χ2n) is 3.60. The molecule has 2 rings (SSSR count). The van der Waals surface area contributed by atoms with E-state index in [1.165, 1.54) is 12.5 Å². The van der Waals surface area contributed by atoms with Crippen molar-refractivity contribution in [3.8, 4) is 0 Å². The van der Waals surface area contributed by atoms with Crippen LogP contribution in [0, 0.1) is 0 Å². The van der Waals surface area contributed by atoms with Gasteiger partial charge in [0.05, 0.1) is 12.1 Å². The second kappa shape index (κ2) is 5.27. The van der Waals surface area contributed by atoms with Crippen molar-refractivity contribution in [1.29, 1.82) is 0 Å². The highest BCUT2D eigenvalue weighted by Gasteiger charge is 2.19. The van der Waals surface area contributed by atoms with Crippen LogP contribution in [0.3, 0.4) is 0 Å². The summed E-state index contributed by atoms with van der Waals surface area (Å²) < 4.78 is 4.64. The van der Waals surface area contributed by atoms with Crippen molar-refractivity contribution in [3.63, 3.8) is 0 Å². The largest absolute Gasteiger partial charge is 0.363 e. The first-order valence-electron chi connectivity index (χ1n) is 5.26. The van der Waals surface area contributed by atoms with Gasteiger partial charge >= 0.3 is 0 Å². The van der Waals surface area contributed by atoms with Crippen LogP contribution in [0.15, 0.2) is 47.3 Å². The molecule has 0 saturated carbocycles. The SMILES string of the molecule is NCC(C(=O)Nc1cnoc1)c1ccccc1. The lowest BCUT2D eigenvalue weighted by Gasteiger charge is -2.13. The van der Waals surface area contributed by atoms with Gasteiger partial charge in [0.2, 0.25) is 5.91 Å². The third-order valence-electron chi connectivity index (χ3n) is 2.45. The molecule has 17 heavy (non-hydrogen) atoms. The molecule has 0 aliphatic heterocycles. The van der Waals surface area contributed by atoms with Gasteiger partial charge in [-0.05, 0) is 5.56 Å². The van der Waals surface area contributed by atoms with E-state index in [-0.39, 0.29) is 18.4 Å². The van der Waals surface area contributed by atoms with E-state index in [1.54, 1.807) is 0 Å². The number of rotatable bonds is 4. The number of carbonyl (C=O) groups excluding carboxylic acids is 1. The molecule has 1 amide bonds. The van der Waals surface area contributed by atoms with Gasteiger partial charge in [-0.25, -0.2) is 0 Å². The first kappa shape index (κ1) is 11.3.